The molecule has 1 heterocycles. The summed E-state index contributed by atoms with van der Waals surface area (Å²) in [5, 5.41) is 3.11. The summed E-state index contributed by atoms with van der Waals surface area (Å²) < 4.78 is 5.23. The Labute approximate surface area is 176 Å². The summed E-state index contributed by atoms with van der Waals surface area (Å²) in [4.78, 5) is 28.1. The van der Waals surface area contributed by atoms with Crippen molar-refractivity contribution in [1.29, 1.82) is 0 Å². The normalized spacial score (nSPS) is 18.0. The van der Waals surface area contributed by atoms with Gasteiger partial charge in [0, 0.05) is 11.4 Å². The van der Waals surface area contributed by atoms with Gasteiger partial charge in [0.2, 0.25) is 5.91 Å². The quantitative estimate of drug-likeness (QED) is 0.638. The van der Waals surface area contributed by atoms with Gasteiger partial charge in [-0.25, -0.2) is 0 Å². The molecule has 0 radical (unpaired) electrons. The van der Waals surface area contributed by atoms with E-state index in [2.05, 4.69) is 5.32 Å². The van der Waals surface area contributed by atoms with Crippen LogP contribution in [-0.2, 0) is 15.1 Å². The summed E-state index contributed by atoms with van der Waals surface area (Å²) in [5.41, 5.74) is 3.08. The third-order valence-corrected chi connectivity index (χ3v) is 5.72. The second-order valence-electron chi connectivity index (χ2n) is 7.55. The molecule has 5 nitrogen and oxygen atoms in total. The lowest BCUT2D eigenvalue weighted by Crippen LogP contribution is -2.67. The first-order chi connectivity index (χ1) is 14.5. The highest BCUT2D eigenvalue weighted by Gasteiger charge is 2.58. The molecular weight excluding hydrogens is 376 g/mol. The highest BCUT2D eigenvalue weighted by Crippen LogP contribution is 2.46. The highest BCUT2D eigenvalue weighted by atomic mass is 16.5. The number of methoxy groups -OCH3 is 1. The number of hydrogen-bond donors (Lipinski definition) is 1. The Balaban J connectivity index is 1.79. The van der Waals surface area contributed by atoms with E-state index in [-0.39, 0.29) is 18.2 Å². The number of para-hydroxylation sites is 1. The van der Waals surface area contributed by atoms with Crippen molar-refractivity contribution in [3.63, 3.8) is 0 Å². The molecule has 1 aliphatic heterocycles. The van der Waals surface area contributed by atoms with Crippen LogP contribution in [0, 0.1) is 13.8 Å². The predicted octanol–water partition coefficient (Wildman–Crippen LogP) is 4.58. The molecule has 0 bridgehead atoms. The van der Waals surface area contributed by atoms with Crippen molar-refractivity contribution in [2.24, 2.45) is 0 Å². The molecule has 1 N–H and O–H groups in total. The third-order valence-electron chi connectivity index (χ3n) is 5.72. The van der Waals surface area contributed by atoms with Crippen molar-refractivity contribution in [1.82, 2.24) is 0 Å². The number of nitrogens with zero attached hydrogens (tertiary/aromatic N) is 1. The second kappa shape index (κ2) is 7.67. The monoisotopic (exact) mass is 400 g/mol. The molecule has 0 spiro atoms. The van der Waals surface area contributed by atoms with Crippen LogP contribution in [0.15, 0.2) is 72.8 Å². The van der Waals surface area contributed by atoms with Gasteiger partial charge >= 0.3 is 0 Å². The number of amides is 2. The molecule has 2 amide bonds. The summed E-state index contributed by atoms with van der Waals surface area (Å²) in [6.07, 6.45) is 0.111. The fourth-order valence-electron chi connectivity index (χ4n) is 4.08. The van der Waals surface area contributed by atoms with Gasteiger partial charge < -0.3 is 10.1 Å². The first-order valence-electron chi connectivity index (χ1n) is 9.87. The summed E-state index contributed by atoms with van der Waals surface area (Å²) in [6, 6.07) is 22.6. The fourth-order valence-corrected chi connectivity index (χ4v) is 4.08. The Morgan fingerprint density at radius 3 is 2.13 bits per heavy atom. The Morgan fingerprint density at radius 1 is 0.933 bits per heavy atom. The van der Waals surface area contributed by atoms with Gasteiger partial charge in [-0.05, 0) is 54.8 Å². The van der Waals surface area contributed by atoms with Gasteiger partial charge in [0.1, 0.15) is 5.75 Å². The molecule has 0 saturated carbocycles. The van der Waals surface area contributed by atoms with E-state index in [1.54, 1.807) is 36.3 Å². The van der Waals surface area contributed by atoms with Crippen LogP contribution in [0.25, 0.3) is 0 Å². The average Bonchev–Trinajstić information content (AvgIpc) is 2.75. The molecule has 5 heteroatoms. The number of hydrogen-bond acceptors (Lipinski definition) is 3. The van der Waals surface area contributed by atoms with Crippen molar-refractivity contribution in [3.8, 4) is 5.75 Å². The molecule has 0 aromatic heterocycles. The van der Waals surface area contributed by atoms with Gasteiger partial charge in [-0.2, -0.15) is 0 Å². The van der Waals surface area contributed by atoms with Crippen LogP contribution >= 0.6 is 0 Å². The number of nitrogens with one attached hydrogen (secondary N) is 1. The number of carbonyl (C=O) groups is 2. The zero-order valence-electron chi connectivity index (χ0n) is 17.3. The largest absolute Gasteiger partial charge is 0.497 e. The number of carbonyl (C=O) groups excluding carboxylic acids is 2. The molecule has 1 aliphatic rings. The Kier molecular flexibility index (Phi) is 5.04. The SMILES string of the molecule is COc1ccc(N2C(=O)C[C@]2(C(=O)Nc2c(C)cccc2C)c2ccccc2)cc1. The number of β-lactam (4-membered cyclic amide) rings is 1. The molecule has 3 aromatic carbocycles. The van der Waals surface area contributed by atoms with E-state index in [1.165, 1.54) is 0 Å². The van der Waals surface area contributed by atoms with Crippen LogP contribution in [0.4, 0.5) is 11.4 Å². The first-order valence-corrected chi connectivity index (χ1v) is 9.87. The minimum atomic E-state index is -1.11. The minimum Gasteiger partial charge on any atom is -0.497 e. The van der Waals surface area contributed by atoms with Crippen LogP contribution in [-0.4, -0.2) is 18.9 Å². The van der Waals surface area contributed by atoms with Crippen molar-refractivity contribution >= 4 is 23.2 Å². The van der Waals surface area contributed by atoms with E-state index in [4.69, 9.17) is 4.74 Å². The van der Waals surface area contributed by atoms with Gasteiger partial charge in [-0.1, -0.05) is 48.5 Å². The fraction of sp³-hybridized carbons (Fsp3) is 0.200. The Hall–Kier alpha value is -3.60. The number of anilines is 2. The van der Waals surface area contributed by atoms with Crippen molar-refractivity contribution in [2.45, 2.75) is 25.8 Å². The van der Waals surface area contributed by atoms with E-state index >= 15 is 0 Å². The molecule has 152 valence electrons. The van der Waals surface area contributed by atoms with Crippen LogP contribution in [0.3, 0.4) is 0 Å². The lowest BCUT2D eigenvalue weighted by Gasteiger charge is -2.50. The number of ether oxygens (including phenoxy) is 1. The highest BCUT2D eigenvalue weighted by molar-refractivity contribution is 6.17. The van der Waals surface area contributed by atoms with Gasteiger partial charge in [0.15, 0.2) is 5.54 Å². The minimum absolute atomic E-state index is 0.0966. The predicted molar refractivity (Wildman–Crippen MR) is 118 cm³/mol. The van der Waals surface area contributed by atoms with E-state index in [9.17, 15) is 9.59 Å². The van der Waals surface area contributed by atoms with E-state index in [1.807, 2.05) is 62.4 Å². The molecule has 0 aliphatic carbocycles. The van der Waals surface area contributed by atoms with Crippen molar-refractivity contribution in [3.05, 3.63) is 89.5 Å². The lowest BCUT2D eigenvalue weighted by molar-refractivity contribution is -0.137. The van der Waals surface area contributed by atoms with Gasteiger partial charge in [-0.3, -0.25) is 14.5 Å². The van der Waals surface area contributed by atoms with Crippen LogP contribution in [0.2, 0.25) is 0 Å². The molecule has 4 rings (SSSR count). The Bertz CT molecular complexity index is 1070. The molecule has 3 aromatic rings. The van der Waals surface area contributed by atoms with Crippen LogP contribution < -0.4 is 15.0 Å². The summed E-state index contributed by atoms with van der Waals surface area (Å²) in [6.45, 7) is 3.93. The lowest BCUT2D eigenvalue weighted by atomic mass is 9.76. The standard InChI is InChI=1S/C25H24N2O3/c1-17-8-7-9-18(2)23(17)26-24(29)25(19-10-5-4-6-11-19)16-22(28)27(25)20-12-14-21(30-3)15-13-20/h4-15H,16H2,1-3H3,(H,26,29)/t25-/m1/s1. The zero-order valence-corrected chi connectivity index (χ0v) is 17.3. The molecule has 1 fully saturated rings. The topological polar surface area (TPSA) is 58.6 Å². The van der Waals surface area contributed by atoms with E-state index in [0.29, 0.717) is 11.4 Å². The average molecular weight is 400 g/mol. The van der Waals surface area contributed by atoms with Crippen molar-refractivity contribution < 1.29 is 14.3 Å². The first kappa shape index (κ1) is 19.7. The molecule has 30 heavy (non-hydrogen) atoms. The van der Waals surface area contributed by atoms with E-state index < -0.39 is 5.54 Å². The third kappa shape index (κ3) is 3.12. The molecule has 1 saturated heterocycles. The maximum absolute atomic E-state index is 13.7. The number of aryl methyl sites for hydroxylation is 2. The summed E-state index contributed by atoms with van der Waals surface area (Å²) >= 11 is 0. The van der Waals surface area contributed by atoms with Gasteiger partial charge in [0.25, 0.3) is 5.91 Å². The van der Waals surface area contributed by atoms with Crippen molar-refractivity contribution in [2.75, 3.05) is 17.3 Å². The number of benzene rings is 3. The Morgan fingerprint density at radius 2 is 1.57 bits per heavy atom. The molecule has 1 atom stereocenters. The number of rotatable bonds is 5. The molecular formula is C25H24N2O3. The zero-order chi connectivity index (χ0) is 21.3. The van der Waals surface area contributed by atoms with Gasteiger partial charge in [0.05, 0.1) is 13.5 Å². The molecule has 0 unspecified atom stereocenters. The summed E-state index contributed by atoms with van der Waals surface area (Å²) in [5.74, 6) is 0.374. The summed E-state index contributed by atoms with van der Waals surface area (Å²) in [7, 11) is 1.59. The maximum atomic E-state index is 13.7. The van der Waals surface area contributed by atoms with E-state index in [0.717, 1.165) is 22.4 Å². The smallest absolute Gasteiger partial charge is 0.255 e. The van der Waals surface area contributed by atoms with Gasteiger partial charge in [-0.15, -0.1) is 0 Å². The van der Waals surface area contributed by atoms with Crippen LogP contribution in [0.1, 0.15) is 23.1 Å². The maximum Gasteiger partial charge on any atom is 0.255 e. The second-order valence-corrected chi connectivity index (χ2v) is 7.55. The van der Waals surface area contributed by atoms with Crippen LogP contribution in [0.5, 0.6) is 5.75 Å².